The maximum Gasteiger partial charge on any atom is 0.307 e. The van der Waals surface area contributed by atoms with Gasteiger partial charge in [0.2, 0.25) is 0 Å². The highest BCUT2D eigenvalue weighted by atomic mass is 19.1. The van der Waals surface area contributed by atoms with Gasteiger partial charge >= 0.3 is 5.97 Å². The molecule has 3 aromatic rings. The third kappa shape index (κ3) is 3.86. The third-order valence-corrected chi connectivity index (χ3v) is 3.82. The third-order valence-electron chi connectivity index (χ3n) is 3.82. The normalized spacial score (nSPS) is 10.6. The van der Waals surface area contributed by atoms with E-state index in [1.54, 1.807) is 29.1 Å². The van der Waals surface area contributed by atoms with Crippen LogP contribution in [0.5, 0.6) is 0 Å². The van der Waals surface area contributed by atoms with Crippen molar-refractivity contribution in [3.8, 4) is 11.5 Å². The summed E-state index contributed by atoms with van der Waals surface area (Å²) < 4.78 is 34.8. The van der Waals surface area contributed by atoms with E-state index in [2.05, 4.69) is 15.2 Å². The highest BCUT2D eigenvalue weighted by Crippen LogP contribution is 2.22. The number of rotatable bonds is 6. The zero-order chi connectivity index (χ0) is 19.4. The molecular weight excluding hydrogens is 358 g/mol. The predicted octanol–water partition coefficient (Wildman–Crippen LogP) is 2.23. The molecule has 140 valence electrons. The maximum atomic E-state index is 14.2. The second kappa shape index (κ2) is 7.81. The van der Waals surface area contributed by atoms with Crippen molar-refractivity contribution >= 4 is 11.9 Å². The molecule has 27 heavy (non-hydrogen) atoms. The van der Waals surface area contributed by atoms with Crippen LogP contribution in [0.4, 0.5) is 8.78 Å². The monoisotopic (exact) mass is 374 g/mol. The quantitative estimate of drug-likeness (QED) is 0.671. The van der Waals surface area contributed by atoms with Crippen LogP contribution in [0.25, 0.3) is 11.5 Å². The molecule has 1 N–H and O–H groups in total. The van der Waals surface area contributed by atoms with Gasteiger partial charge < -0.3 is 14.6 Å². The van der Waals surface area contributed by atoms with Crippen molar-refractivity contribution in [3.63, 3.8) is 0 Å². The van der Waals surface area contributed by atoms with Gasteiger partial charge in [0.05, 0.1) is 19.7 Å². The van der Waals surface area contributed by atoms with Crippen LogP contribution in [-0.2, 0) is 9.53 Å². The van der Waals surface area contributed by atoms with E-state index in [-0.39, 0.29) is 30.0 Å². The summed E-state index contributed by atoms with van der Waals surface area (Å²) in [5, 5.41) is 6.69. The Labute approximate surface area is 153 Å². The molecule has 2 aromatic heterocycles. The molecule has 0 radical (unpaired) electrons. The number of halogens is 2. The van der Waals surface area contributed by atoms with Crippen LogP contribution < -0.4 is 5.32 Å². The van der Waals surface area contributed by atoms with Gasteiger partial charge in [0, 0.05) is 25.0 Å². The Hall–Kier alpha value is -3.49. The van der Waals surface area contributed by atoms with Crippen LogP contribution in [0.2, 0.25) is 0 Å². The molecule has 0 fully saturated rings. The molecule has 3 rings (SSSR count). The average Bonchev–Trinajstić information content (AvgIpc) is 3.30. The summed E-state index contributed by atoms with van der Waals surface area (Å²) >= 11 is 0. The van der Waals surface area contributed by atoms with E-state index >= 15 is 0 Å². The van der Waals surface area contributed by atoms with Crippen molar-refractivity contribution in [1.29, 1.82) is 0 Å². The van der Waals surface area contributed by atoms with Gasteiger partial charge in [-0.3, -0.25) is 9.59 Å². The number of esters is 1. The highest BCUT2D eigenvalue weighted by Gasteiger charge is 2.21. The van der Waals surface area contributed by atoms with Crippen molar-refractivity contribution < 1.29 is 23.1 Å². The van der Waals surface area contributed by atoms with Gasteiger partial charge in [0.15, 0.2) is 11.6 Å². The number of benzene rings is 1. The predicted molar refractivity (Wildman–Crippen MR) is 91.8 cm³/mol. The van der Waals surface area contributed by atoms with Gasteiger partial charge in [-0.15, -0.1) is 0 Å². The van der Waals surface area contributed by atoms with E-state index in [1.165, 1.54) is 24.1 Å². The van der Waals surface area contributed by atoms with Gasteiger partial charge in [-0.2, -0.15) is 5.10 Å². The lowest BCUT2D eigenvalue weighted by molar-refractivity contribution is -0.140. The molecule has 0 saturated heterocycles. The topological polar surface area (TPSA) is 78.2 Å². The van der Waals surface area contributed by atoms with Crippen LogP contribution >= 0.6 is 0 Å². The second-order valence-corrected chi connectivity index (χ2v) is 5.56. The number of nitrogens with zero attached hydrogens (tertiary/aromatic N) is 3. The van der Waals surface area contributed by atoms with Crippen LogP contribution in [0.15, 0.2) is 48.9 Å². The van der Waals surface area contributed by atoms with E-state index in [0.29, 0.717) is 0 Å². The van der Waals surface area contributed by atoms with E-state index in [9.17, 15) is 18.4 Å². The molecule has 2 heterocycles. The van der Waals surface area contributed by atoms with Crippen LogP contribution in [0, 0.1) is 11.6 Å². The van der Waals surface area contributed by atoms with E-state index < -0.39 is 23.5 Å². The fourth-order valence-electron chi connectivity index (χ4n) is 2.53. The van der Waals surface area contributed by atoms with E-state index in [1.807, 2.05) is 0 Å². The zero-order valence-electron chi connectivity index (χ0n) is 14.4. The number of nitrogens with one attached hydrogen (secondary N) is 1. The number of aromatic nitrogens is 3. The lowest BCUT2D eigenvalue weighted by Crippen LogP contribution is -2.27. The van der Waals surface area contributed by atoms with Crippen LogP contribution in [0.3, 0.4) is 0 Å². The number of methoxy groups -OCH3 is 1. The first-order valence-electron chi connectivity index (χ1n) is 8.03. The molecule has 0 unspecified atom stereocenters. The summed E-state index contributed by atoms with van der Waals surface area (Å²) in [4.78, 5) is 23.7. The SMILES string of the molecule is COC(=O)CCNC(=O)c1cnn(-c2ccc(F)cc2F)c1-n1cccc1. The smallest absolute Gasteiger partial charge is 0.307 e. The minimum atomic E-state index is -0.816. The minimum absolute atomic E-state index is 0.00582. The molecule has 7 nitrogen and oxygen atoms in total. The van der Waals surface area contributed by atoms with Gasteiger partial charge in [-0.05, 0) is 24.3 Å². The number of hydrogen-bond acceptors (Lipinski definition) is 4. The molecule has 0 bridgehead atoms. The van der Waals surface area contributed by atoms with Gasteiger partial charge in [-0.1, -0.05) is 0 Å². The molecule has 0 atom stereocenters. The standard InChI is InChI=1S/C18H16F2N4O3/c1-27-16(25)6-7-21-17(26)13-11-22-24(18(13)23-8-2-3-9-23)15-5-4-12(19)10-14(15)20/h2-5,8-11H,6-7H2,1H3,(H,21,26). The number of carbonyl (C=O) groups is 2. The van der Waals surface area contributed by atoms with Gasteiger partial charge in [0.25, 0.3) is 5.91 Å². The fourth-order valence-corrected chi connectivity index (χ4v) is 2.53. The van der Waals surface area contributed by atoms with Crippen molar-refractivity contribution in [2.24, 2.45) is 0 Å². The van der Waals surface area contributed by atoms with Crippen molar-refractivity contribution in [1.82, 2.24) is 19.7 Å². The van der Waals surface area contributed by atoms with Gasteiger partial charge in [0.1, 0.15) is 17.1 Å². The Morgan fingerprint density at radius 1 is 1.22 bits per heavy atom. The second-order valence-electron chi connectivity index (χ2n) is 5.56. The summed E-state index contributed by atoms with van der Waals surface area (Å²) in [7, 11) is 1.26. The molecular formula is C18H16F2N4O3. The lowest BCUT2D eigenvalue weighted by atomic mass is 10.2. The maximum absolute atomic E-state index is 14.2. The molecule has 9 heteroatoms. The summed E-state index contributed by atoms with van der Waals surface area (Å²) in [5.74, 6) is -2.20. The first kappa shape index (κ1) is 18.3. The molecule has 1 amide bonds. The molecule has 0 aliphatic carbocycles. The molecule has 1 aromatic carbocycles. The van der Waals surface area contributed by atoms with Crippen LogP contribution in [0.1, 0.15) is 16.8 Å². The summed E-state index contributed by atoms with van der Waals surface area (Å²) in [6.07, 6.45) is 4.63. The minimum Gasteiger partial charge on any atom is -0.469 e. The lowest BCUT2D eigenvalue weighted by Gasteiger charge is -2.12. The highest BCUT2D eigenvalue weighted by molar-refractivity contribution is 5.97. The number of hydrogen-bond donors (Lipinski definition) is 1. The van der Waals surface area contributed by atoms with E-state index in [4.69, 9.17) is 0 Å². The van der Waals surface area contributed by atoms with Crippen molar-refractivity contribution in [2.75, 3.05) is 13.7 Å². The summed E-state index contributed by atoms with van der Waals surface area (Å²) in [5.41, 5.74) is 0.161. The number of amides is 1. The average molecular weight is 374 g/mol. The first-order chi connectivity index (χ1) is 13.0. The molecule has 0 spiro atoms. The fraction of sp³-hybridized carbons (Fsp3) is 0.167. The summed E-state index contributed by atoms with van der Waals surface area (Å²) in [6, 6.07) is 6.56. The molecule has 0 saturated carbocycles. The van der Waals surface area contributed by atoms with Crippen molar-refractivity contribution in [2.45, 2.75) is 6.42 Å². The summed E-state index contributed by atoms with van der Waals surface area (Å²) in [6.45, 7) is 0.0761. The first-order valence-corrected chi connectivity index (χ1v) is 8.03. The van der Waals surface area contributed by atoms with Crippen molar-refractivity contribution in [3.05, 3.63) is 66.1 Å². The van der Waals surface area contributed by atoms with Crippen LogP contribution in [-0.4, -0.2) is 39.9 Å². The molecule has 0 aliphatic rings. The largest absolute Gasteiger partial charge is 0.469 e. The molecule has 0 aliphatic heterocycles. The Morgan fingerprint density at radius 2 is 1.96 bits per heavy atom. The Kier molecular flexibility index (Phi) is 5.30. The number of carbonyl (C=O) groups excluding carboxylic acids is 2. The Morgan fingerprint density at radius 3 is 2.63 bits per heavy atom. The Bertz CT molecular complexity index is 967. The zero-order valence-corrected chi connectivity index (χ0v) is 14.4. The number of ether oxygens (including phenoxy) is 1. The van der Waals surface area contributed by atoms with Gasteiger partial charge in [-0.25, -0.2) is 13.5 Å². The van der Waals surface area contributed by atoms with E-state index in [0.717, 1.165) is 12.1 Å². The Balaban J connectivity index is 1.97.